The van der Waals surface area contributed by atoms with Crippen molar-refractivity contribution in [1.29, 1.82) is 0 Å². The number of nitrogens with zero attached hydrogens (tertiary/aromatic N) is 2. The van der Waals surface area contributed by atoms with E-state index >= 15 is 0 Å². The molecule has 0 fully saturated rings. The van der Waals surface area contributed by atoms with Gasteiger partial charge < -0.3 is 10.3 Å². The lowest BCUT2D eigenvalue weighted by atomic mass is 10.1. The van der Waals surface area contributed by atoms with Crippen molar-refractivity contribution in [3.8, 4) is 22.5 Å². The first-order valence-electron chi connectivity index (χ1n) is 8.71. The van der Waals surface area contributed by atoms with Crippen LogP contribution in [0.25, 0.3) is 33.4 Å². The summed E-state index contributed by atoms with van der Waals surface area (Å²) >= 11 is 6.52. The van der Waals surface area contributed by atoms with Crippen molar-refractivity contribution in [3.05, 3.63) is 71.1 Å². The van der Waals surface area contributed by atoms with Crippen molar-refractivity contribution >= 4 is 28.4 Å². The number of amides is 1. The second kappa shape index (κ2) is 6.21. The Morgan fingerprint density at radius 2 is 1.93 bits per heavy atom. The normalized spacial score (nSPS) is 13.4. The third-order valence-electron chi connectivity index (χ3n) is 4.84. The summed E-state index contributed by atoms with van der Waals surface area (Å²) in [5.74, 6) is -0.128. The Bertz CT molecular complexity index is 1200. The van der Waals surface area contributed by atoms with E-state index < -0.39 is 0 Å². The molecule has 0 unspecified atom stereocenters. The number of rotatable bonds is 2. The largest absolute Gasteiger partial charge is 0.356 e. The number of aromatic amines is 1. The number of nitrogens with one attached hydrogen (secondary N) is 2. The number of benzene rings is 1. The fourth-order valence-electron chi connectivity index (χ4n) is 3.49. The van der Waals surface area contributed by atoms with Crippen molar-refractivity contribution in [3.63, 3.8) is 0 Å². The summed E-state index contributed by atoms with van der Waals surface area (Å²) in [6.45, 7) is 0.618. The number of aromatic nitrogens is 3. The molecular formula is C21H15ClN4O. The molecule has 1 aromatic carbocycles. The first-order chi connectivity index (χ1) is 13.2. The second-order valence-electron chi connectivity index (χ2n) is 6.52. The summed E-state index contributed by atoms with van der Waals surface area (Å²) in [6, 6.07) is 13.9. The molecule has 3 aromatic heterocycles. The van der Waals surface area contributed by atoms with Gasteiger partial charge in [-0.3, -0.25) is 14.8 Å². The number of carbonyl (C=O) groups excluding carboxylic acids is 1. The molecule has 0 saturated heterocycles. The Labute approximate surface area is 160 Å². The lowest BCUT2D eigenvalue weighted by Crippen LogP contribution is -2.31. The molecule has 0 radical (unpaired) electrons. The van der Waals surface area contributed by atoms with Crippen LogP contribution in [-0.4, -0.2) is 27.4 Å². The standard InChI is InChI=1S/C21H15ClN4O/c22-19-18-16(6-8-24-21(18)27)26-20(19)13-5-7-23-17(10-13)14-9-12-3-1-2-4-15(12)25-11-14/h1-5,7,9-11,26H,6,8H2,(H,24,27). The van der Waals surface area contributed by atoms with Gasteiger partial charge in [0.25, 0.3) is 5.91 Å². The zero-order valence-corrected chi connectivity index (χ0v) is 15.0. The van der Waals surface area contributed by atoms with Gasteiger partial charge in [-0.25, -0.2) is 0 Å². The van der Waals surface area contributed by atoms with Crippen LogP contribution < -0.4 is 5.32 Å². The van der Waals surface area contributed by atoms with Crippen molar-refractivity contribution in [2.75, 3.05) is 6.54 Å². The van der Waals surface area contributed by atoms with Gasteiger partial charge in [-0.1, -0.05) is 29.8 Å². The van der Waals surface area contributed by atoms with Gasteiger partial charge >= 0.3 is 0 Å². The van der Waals surface area contributed by atoms with Crippen molar-refractivity contribution in [1.82, 2.24) is 20.3 Å². The number of fused-ring (bicyclic) bond motifs is 2. The summed E-state index contributed by atoms with van der Waals surface area (Å²) in [5.41, 5.74) is 5.74. The minimum Gasteiger partial charge on any atom is -0.356 e. The van der Waals surface area contributed by atoms with Gasteiger partial charge in [0.05, 0.1) is 27.5 Å². The van der Waals surface area contributed by atoms with Crippen molar-refractivity contribution in [2.45, 2.75) is 6.42 Å². The fourth-order valence-corrected chi connectivity index (χ4v) is 3.85. The number of carbonyl (C=O) groups is 1. The maximum atomic E-state index is 12.1. The number of hydrogen-bond acceptors (Lipinski definition) is 3. The topological polar surface area (TPSA) is 70.7 Å². The second-order valence-corrected chi connectivity index (χ2v) is 6.90. The van der Waals surface area contributed by atoms with Crippen LogP contribution in [0.5, 0.6) is 0 Å². The maximum Gasteiger partial charge on any atom is 0.254 e. The molecule has 0 bridgehead atoms. The molecule has 5 rings (SSSR count). The highest BCUT2D eigenvalue weighted by Gasteiger charge is 2.25. The molecule has 4 heterocycles. The van der Waals surface area contributed by atoms with E-state index in [9.17, 15) is 4.79 Å². The van der Waals surface area contributed by atoms with Gasteiger partial charge in [-0.05, 0) is 24.3 Å². The predicted octanol–water partition coefficient (Wildman–Crippen LogP) is 4.23. The van der Waals surface area contributed by atoms with Crippen LogP contribution in [-0.2, 0) is 6.42 Å². The molecule has 27 heavy (non-hydrogen) atoms. The maximum absolute atomic E-state index is 12.1. The Hall–Kier alpha value is -3.18. The highest BCUT2D eigenvalue weighted by molar-refractivity contribution is 6.36. The van der Waals surface area contributed by atoms with E-state index in [2.05, 4.69) is 26.3 Å². The molecule has 1 aliphatic rings. The number of para-hydroxylation sites is 1. The average molecular weight is 375 g/mol. The number of hydrogen-bond donors (Lipinski definition) is 2. The van der Waals surface area contributed by atoms with Crippen LogP contribution >= 0.6 is 11.6 Å². The lowest BCUT2D eigenvalue weighted by molar-refractivity contribution is 0.0946. The van der Waals surface area contributed by atoms with Crippen molar-refractivity contribution in [2.24, 2.45) is 0 Å². The molecule has 0 saturated carbocycles. The van der Waals surface area contributed by atoms with Crippen LogP contribution in [0, 0.1) is 0 Å². The molecule has 5 nitrogen and oxygen atoms in total. The van der Waals surface area contributed by atoms with Crippen LogP contribution in [0.3, 0.4) is 0 Å². The molecule has 1 aliphatic heterocycles. The average Bonchev–Trinajstić information content (AvgIpc) is 3.05. The minimum absolute atomic E-state index is 0.128. The molecular weight excluding hydrogens is 360 g/mol. The summed E-state index contributed by atoms with van der Waals surface area (Å²) in [7, 11) is 0. The molecule has 6 heteroatoms. The van der Waals surface area contributed by atoms with Crippen LogP contribution in [0.15, 0.2) is 54.9 Å². The zero-order valence-electron chi connectivity index (χ0n) is 14.3. The minimum atomic E-state index is -0.128. The Kier molecular flexibility index (Phi) is 3.69. The molecule has 0 spiro atoms. The zero-order chi connectivity index (χ0) is 18.4. The monoisotopic (exact) mass is 374 g/mol. The molecule has 0 aliphatic carbocycles. The van der Waals surface area contributed by atoms with Gasteiger partial charge in [0.1, 0.15) is 0 Å². The summed E-state index contributed by atoms with van der Waals surface area (Å²) in [4.78, 5) is 24.5. The van der Waals surface area contributed by atoms with E-state index in [4.69, 9.17) is 11.6 Å². The number of halogens is 1. The van der Waals surface area contributed by atoms with Gasteiger partial charge in [0, 0.05) is 47.6 Å². The molecule has 1 amide bonds. The first kappa shape index (κ1) is 16.0. The molecule has 0 atom stereocenters. The van der Waals surface area contributed by atoms with Crippen LogP contribution in [0.4, 0.5) is 0 Å². The van der Waals surface area contributed by atoms with Crippen molar-refractivity contribution < 1.29 is 4.79 Å². The summed E-state index contributed by atoms with van der Waals surface area (Å²) < 4.78 is 0. The predicted molar refractivity (Wildman–Crippen MR) is 106 cm³/mol. The molecule has 132 valence electrons. The lowest BCUT2D eigenvalue weighted by Gasteiger charge is -2.11. The van der Waals surface area contributed by atoms with Gasteiger partial charge in [-0.2, -0.15) is 0 Å². The summed E-state index contributed by atoms with van der Waals surface area (Å²) in [5, 5.41) is 4.35. The van der Waals surface area contributed by atoms with Crippen LogP contribution in [0.1, 0.15) is 16.1 Å². The quantitative estimate of drug-likeness (QED) is 0.551. The Morgan fingerprint density at radius 1 is 1.04 bits per heavy atom. The van der Waals surface area contributed by atoms with Gasteiger partial charge in [0.2, 0.25) is 0 Å². The third-order valence-corrected chi connectivity index (χ3v) is 5.22. The van der Waals surface area contributed by atoms with E-state index in [0.717, 1.165) is 45.5 Å². The van der Waals surface area contributed by atoms with Gasteiger partial charge in [-0.15, -0.1) is 0 Å². The van der Waals surface area contributed by atoms with E-state index in [0.29, 0.717) is 17.1 Å². The number of pyridine rings is 2. The Morgan fingerprint density at radius 3 is 2.81 bits per heavy atom. The molecule has 4 aromatic rings. The van der Waals surface area contributed by atoms with E-state index in [-0.39, 0.29) is 5.91 Å². The van der Waals surface area contributed by atoms with Gasteiger partial charge in [0.15, 0.2) is 0 Å². The van der Waals surface area contributed by atoms with E-state index in [1.165, 1.54) is 0 Å². The SMILES string of the molecule is O=C1NCCc2[nH]c(-c3ccnc(-c4cnc5ccccc5c4)c3)c(Cl)c21. The first-order valence-corrected chi connectivity index (χ1v) is 9.08. The van der Waals surface area contributed by atoms with E-state index in [1.54, 1.807) is 6.20 Å². The molecule has 2 N–H and O–H groups in total. The fraction of sp³-hybridized carbons (Fsp3) is 0.0952. The van der Waals surface area contributed by atoms with Crippen LogP contribution in [0.2, 0.25) is 5.02 Å². The number of H-pyrrole nitrogens is 1. The highest BCUT2D eigenvalue weighted by Crippen LogP contribution is 2.35. The smallest absolute Gasteiger partial charge is 0.254 e. The third kappa shape index (κ3) is 2.67. The highest BCUT2D eigenvalue weighted by atomic mass is 35.5. The Balaban J connectivity index is 1.61. The van der Waals surface area contributed by atoms with E-state index in [1.807, 2.05) is 42.6 Å². The summed E-state index contributed by atoms with van der Waals surface area (Å²) in [6.07, 6.45) is 4.31.